The third kappa shape index (κ3) is 2.16. The fraction of sp³-hybridized carbons (Fsp3) is 0.300. The number of hydrogen-bond donors (Lipinski definition) is 2. The zero-order valence-electron chi connectivity index (χ0n) is 8.33. The molecule has 0 unspecified atom stereocenters. The Balaban J connectivity index is 3.02. The molecular weight excluding hydrogens is 180 g/mol. The lowest BCUT2D eigenvalue weighted by atomic mass is 10.1. The molecule has 0 radical (unpaired) electrons. The molecule has 0 atom stereocenters. The van der Waals surface area contributed by atoms with Crippen molar-refractivity contribution in [1.29, 1.82) is 0 Å². The number of esters is 1. The molecule has 1 rings (SSSR count). The van der Waals surface area contributed by atoms with E-state index < -0.39 is 0 Å². The average molecular weight is 194 g/mol. The molecule has 0 saturated carbocycles. The number of hydrogen-bond acceptors (Lipinski definition) is 4. The third-order valence-corrected chi connectivity index (χ3v) is 2.00. The normalized spacial score (nSPS) is 9.86. The van der Waals surface area contributed by atoms with E-state index in [0.29, 0.717) is 16.9 Å². The summed E-state index contributed by atoms with van der Waals surface area (Å²) in [6.45, 7) is 1.90. The van der Waals surface area contributed by atoms with Crippen molar-refractivity contribution < 1.29 is 9.53 Å². The van der Waals surface area contributed by atoms with Crippen LogP contribution in [0.15, 0.2) is 12.1 Å². The van der Waals surface area contributed by atoms with E-state index in [9.17, 15) is 4.79 Å². The maximum atomic E-state index is 11.0. The number of nitrogens with two attached hydrogens (primary N) is 2. The van der Waals surface area contributed by atoms with E-state index >= 15 is 0 Å². The van der Waals surface area contributed by atoms with Crippen molar-refractivity contribution in [2.75, 3.05) is 18.6 Å². The summed E-state index contributed by atoms with van der Waals surface area (Å²) in [6, 6.07) is 3.61. The van der Waals surface area contributed by atoms with E-state index in [1.807, 2.05) is 13.0 Å². The molecule has 4 heteroatoms. The average Bonchev–Trinajstić information content (AvgIpc) is 2.13. The summed E-state index contributed by atoms with van der Waals surface area (Å²) in [5, 5.41) is 0. The van der Waals surface area contributed by atoms with Crippen LogP contribution in [0, 0.1) is 6.92 Å². The Morgan fingerprint density at radius 3 is 2.64 bits per heavy atom. The van der Waals surface area contributed by atoms with E-state index in [4.69, 9.17) is 11.5 Å². The van der Waals surface area contributed by atoms with Crippen LogP contribution in [-0.4, -0.2) is 13.1 Å². The van der Waals surface area contributed by atoms with Crippen molar-refractivity contribution in [3.05, 3.63) is 23.3 Å². The van der Waals surface area contributed by atoms with Gasteiger partial charge in [-0.3, -0.25) is 4.79 Å². The molecule has 0 heterocycles. The Hall–Kier alpha value is -1.71. The number of anilines is 2. The minimum Gasteiger partial charge on any atom is -0.469 e. The highest BCUT2D eigenvalue weighted by Gasteiger charge is 2.09. The van der Waals surface area contributed by atoms with Crippen LogP contribution in [0.3, 0.4) is 0 Å². The monoisotopic (exact) mass is 194 g/mol. The Morgan fingerprint density at radius 1 is 1.43 bits per heavy atom. The lowest BCUT2D eigenvalue weighted by Crippen LogP contribution is -2.08. The van der Waals surface area contributed by atoms with Gasteiger partial charge in [0.1, 0.15) is 0 Å². The zero-order chi connectivity index (χ0) is 10.7. The standard InChI is InChI=1S/C10H14N2O2/c1-6-3-7(5-9(13)14-2)10(12)8(11)4-6/h3-4H,5,11-12H2,1-2H3. The zero-order valence-corrected chi connectivity index (χ0v) is 8.33. The highest BCUT2D eigenvalue weighted by molar-refractivity contribution is 5.78. The molecule has 0 fully saturated rings. The van der Waals surface area contributed by atoms with Gasteiger partial charge < -0.3 is 16.2 Å². The Bertz CT molecular complexity index is 361. The number of benzene rings is 1. The van der Waals surface area contributed by atoms with Crippen LogP contribution in [0.2, 0.25) is 0 Å². The van der Waals surface area contributed by atoms with Gasteiger partial charge in [0.05, 0.1) is 24.9 Å². The SMILES string of the molecule is COC(=O)Cc1cc(C)cc(N)c1N. The summed E-state index contributed by atoms with van der Waals surface area (Å²) in [5.41, 5.74) is 14.0. The molecule has 0 aliphatic heterocycles. The summed E-state index contributed by atoms with van der Waals surface area (Å²) in [5.74, 6) is -0.318. The fourth-order valence-corrected chi connectivity index (χ4v) is 1.28. The van der Waals surface area contributed by atoms with Gasteiger partial charge in [0, 0.05) is 0 Å². The quantitative estimate of drug-likeness (QED) is 0.541. The molecule has 4 N–H and O–H groups in total. The topological polar surface area (TPSA) is 78.3 Å². The van der Waals surface area contributed by atoms with Crippen LogP contribution < -0.4 is 11.5 Å². The number of methoxy groups -OCH3 is 1. The molecule has 4 nitrogen and oxygen atoms in total. The fourth-order valence-electron chi connectivity index (χ4n) is 1.28. The molecule has 0 aliphatic rings. The van der Waals surface area contributed by atoms with Crippen molar-refractivity contribution in [1.82, 2.24) is 0 Å². The van der Waals surface area contributed by atoms with Crippen molar-refractivity contribution in [2.24, 2.45) is 0 Å². The summed E-state index contributed by atoms with van der Waals surface area (Å²) in [6.07, 6.45) is 0.161. The molecule has 1 aromatic carbocycles. The smallest absolute Gasteiger partial charge is 0.310 e. The molecule has 0 spiro atoms. The van der Waals surface area contributed by atoms with Gasteiger partial charge in [-0.1, -0.05) is 6.07 Å². The van der Waals surface area contributed by atoms with Crippen molar-refractivity contribution >= 4 is 17.3 Å². The molecule has 1 aromatic rings. The highest BCUT2D eigenvalue weighted by atomic mass is 16.5. The minimum absolute atomic E-state index is 0.161. The number of aryl methyl sites for hydroxylation is 1. The molecule has 0 aliphatic carbocycles. The first-order chi connectivity index (χ1) is 6.54. The van der Waals surface area contributed by atoms with Crippen LogP contribution in [0.25, 0.3) is 0 Å². The van der Waals surface area contributed by atoms with Gasteiger partial charge >= 0.3 is 5.97 Å². The largest absolute Gasteiger partial charge is 0.469 e. The summed E-state index contributed by atoms with van der Waals surface area (Å²) < 4.78 is 4.55. The molecule has 0 bridgehead atoms. The lowest BCUT2D eigenvalue weighted by Gasteiger charge is -2.08. The maximum absolute atomic E-state index is 11.0. The first kappa shape index (κ1) is 10.4. The number of carbonyl (C=O) groups is 1. The molecule has 0 aromatic heterocycles. The van der Waals surface area contributed by atoms with Crippen LogP contribution in [0.5, 0.6) is 0 Å². The summed E-state index contributed by atoms with van der Waals surface area (Å²) in [4.78, 5) is 11.0. The second-order valence-corrected chi connectivity index (χ2v) is 3.18. The van der Waals surface area contributed by atoms with Crippen molar-refractivity contribution in [2.45, 2.75) is 13.3 Å². The Kier molecular flexibility index (Phi) is 2.96. The first-order valence-corrected chi connectivity index (χ1v) is 4.26. The predicted molar refractivity (Wildman–Crippen MR) is 55.7 cm³/mol. The minimum atomic E-state index is -0.318. The molecule has 0 saturated heterocycles. The van der Waals surface area contributed by atoms with Gasteiger partial charge in [-0.15, -0.1) is 0 Å². The predicted octanol–water partition coefficient (Wildman–Crippen LogP) is 0.875. The summed E-state index contributed by atoms with van der Waals surface area (Å²) >= 11 is 0. The van der Waals surface area contributed by atoms with Crippen molar-refractivity contribution in [3.63, 3.8) is 0 Å². The number of ether oxygens (including phenoxy) is 1. The van der Waals surface area contributed by atoms with Gasteiger partial charge in [-0.2, -0.15) is 0 Å². The van der Waals surface area contributed by atoms with Gasteiger partial charge in [0.2, 0.25) is 0 Å². The van der Waals surface area contributed by atoms with Gasteiger partial charge in [0.15, 0.2) is 0 Å². The summed E-state index contributed by atoms with van der Waals surface area (Å²) in [7, 11) is 1.34. The lowest BCUT2D eigenvalue weighted by molar-refractivity contribution is -0.139. The van der Waals surface area contributed by atoms with Crippen LogP contribution >= 0.6 is 0 Å². The number of carbonyl (C=O) groups excluding carboxylic acids is 1. The van der Waals surface area contributed by atoms with Gasteiger partial charge in [-0.25, -0.2) is 0 Å². The van der Waals surface area contributed by atoms with Crippen LogP contribution in [0.1, 0.15) is 11.1 Å². The van der Waals surface area contributed by atoms with Gasteiger partial charge in [-0.05, 0) is 24.1 Å². The molecule has 76 valence electrons. The first-order valence-electron chi connectivity index (χ1n) is 4.26. The molecule has 0 amide bonds. The maximum Gasteiger partial charge on any atom is 0.310 e. The number of rotatable bonds is 2. The van der Waals surface area contributed by atoms with E-state index in [-0.39, 0.29) is 12.4 Å². The van der Waals surface area contributed by atoms with Crippen LogP contribution in [0.4, 0.5) is 11.4 Å². The molecular formula is C10H14N2O2. The highest BCUT2D eigenvalue weighted by Crippen LogP contribution is 2.22. The van der Waals surface area contributed by atoms with E-state index in [2.05, 4.69) is 4.74 Å². The Morgan fingerprint density at radius 2 is 2.07 bits per heavy atom. The van der Waals surface area contributed by atoms with E-state index in [1.165, 1.54) is 7.11 Å². The third-order valence-electron chi connectivity index (χ3n) is 2.00. The Labute approximate surface area is 82.8 Å². The number of nitrogen functional groups attached to an aromatic ring is 2. The second-order valence-electron chi connectivity index (χ2n) is 3.18. The van der Waals surface area contributed by atoms with Crippen LogP contribution in [-0.2, 0) is 16.0 Å². The van der Waals surface area contributed by atoms with Gasteiger partial charge in [0.25, 0.3) is 0 Å². The van der Waals surface area contributed by atoms with Crippen molar-refractivity contribution in [3.8, 4) is 0 Å². The van der Waals surface area contributed by atoms with E-state index in [1.54, 1.807) is 6.07 Å². The molecule has 14 heavy (non-hydrogen) atoms. The second kappa shape index (κ2) is 4.00. The van der Waals surface area contributed by atoms with E-state index in [0.717, 1.165) is 5.56 Å².